The highest BCUT2D eigenvalue weighted by Crippen LogP contribution is 2.52. The van der Waals surface area contributed by atoms with Crippen LogP contribution in [0.15, 0.2) is 206 Å². The molecular formula is C55H43N3S2. The third-order valence-electron chi connectivity index (χ3n) is 11.6. The van der Waals surface area contributed by atoms with Crippen molar-refractivity contribution in [2.45, 2.75) is 31.1 Å². The van der Waals surface area contributed by atoms with Crippen LogP contribution in [0.3, 0.4) is 0 Å². The Morgan fingerprint density at radius 3 is 1.58 bits per heavy atom. The number of para-hydroxylation sites is 3. The van der Waals surface area contributed by atoms with Crippen LogP contribution >= 0.6 is 23.1 Å². The molecule has 3 nitrogen and oxygen atoms in total. The fourth-order valence-corrected chi connectivity index (χ4v) is 10.3. The van der Waals surface area contributed by atoms with Gasteiger partial charge in [-0.15, -0.1) is 11.3 Å². The summed E-state index contributed by atoms with van der Waals surface area (Å²) in [7, 11) is 0. The Kier molecular flexibility index (Phi) is 9.71. The number of thiazole rings is 1. The molecular weight excluding hydrogens is 767 g/mol. The van der Waals surface area contributed by atoms with E-state index in [0.29, 0.717) is 0 Å². The SMILES string of the molecule is C=C(Sc1ccccc1C)c1ccc(N(c2ccccc2)c2ccc3c(c2)C(C)(C)c2cc(N(c4ccccc4)c4ccc(-c5nc6ccccc6s5)cc4)ccc2-3)cc1. The number of aromatic nitrogens is 1. The molecule has 290 valence electrons. The molecule has 10 rings (SSSR count). The normalized spacial score (nSPS) is 12.5. The third kappa shape index (κ3) is 6.90. The van der Waals surface area contributed by atoms with Gasteiger partial charge in [0.15, 0.2) is 0 Å². The van der Waals surface area contributed by atoms with Crippen molar-refractivity contribution in [2.75, 3.05) is 9.80 Å². The van der Waals surface area contributed by atoms with Gasteiger partial charge in [0.1, 0.15) is 5.01 Å². The zero-order chi connectivity index (χ0) is 40.8. The Morgan fingerprint density at radius 1 is 0.533 bits per heavy atom. The average Bonchev–Trinajstić information content (AvgIpc) is 3.82. The highest BCUT2D eigenvalue weighted by atomic mass is 32.2. The minimum absolute atomic E-state index is 0.244. The smallest absolute Gasteiger partial charge is 0.124 e. The number of fused-ring (bicyclic) bond motifs is 4. The highest BCUT2D eigenvalue weighted by molar-refractivity contribution is 8.08. The van der Waals surface area contributed by atoms with E-state index in [-0.39, 0.29) is 5.41 Å². The fraction of sp³-hybridized carbons (Fsp3) is 0.0727. The topological polar surface area (TPSA) is 19.4 Å². The van der Waals surface area contributed by atoms with Crippen LogP contribution in [0.2, 0.25) is 0 Å². The summed E-state index contributed by atoms with van der Waals surface area (Å²) in [5, 5.41) is 1.03. The molecule has 0 atom stereocenters. The second-order valence-electron chi connectivity index (χ2n) is 15.8. The molecule has 0 saturated heterocycles. The average molecular weight is 810 g/mol. The summed E-state index contributed by atoms with van der Waals surface area (Å²) in [5.74, 6) is 0. The Hall–Kier alpha value is -6.66. The zero-order valence-electron chi connectivity index (χ0n) is 33.8. The van der Waals surface area contributed by atoms with E-state index in [1.54, 1.807) is 23.1 Å². The third-order valence-corrected chi connectivity index (χ3v) is 13.9. The molecule has 1 aliphatic rings. The van der Waals surface area contributed by atoms with Gasteiger partial charge in [0.05, 0.1) is 10.2 Å². The second kappa shape index (κ2) is 15.5. The molecule has 5 heteroatoms. The number of hydrogen-bond donors (Lipinski definition) is 0. The number of thioether (sulfide) groups is 1. The molecule has 60 heavy (non-hydrogen) atoms. The number of benzene rings is 8. The van der Waals surface area contributed by atoms with Gasteiger partial charge in [0.25, 0.3) is 0 Å². The Balaban J connectivity index is 0.986. The van der Waals surface area contributed by atoms with Crippen LogP contribution in [0.4, 0.5) is 34.1 Å². The van der Waals surface area contributed by atoms with E-state index >= 15 is 0 Å². The van der Waals surface area contributed by atoms with E-state index in [1.165, 1.54) is 37.4 Å². The van der Waals surface area contributed by atoms with Gasteiger partial charge in [-0.05, 0) is 143 Å². The lowest BCUT2D eigenvalue weighted by atomic mass is 9.82. The monoisotopic (exact) mass is 809 g/mol. The first kappa shape index (κ1) is 37.6. The molecule has 1 aromatic heterocycles. The van der Waals surface area contributed by atoms with E-state index in [1.807, 2.05) is 6.07 Å². The van der Waals surface area contributed by atoms with Gasteiger partial charge in [-0.1, -0.05) is 123 Å². The molecule has 0 bridgehead atoms. The predicted octanol–water partition coefficient (Wildman–Crippen LogP) is 16.3. The Morgan fingerprint density at radius 2 is 1.02 bits per heavy atom. The van der Waals surface area contributed by atoms with Crippen molar-refractivity contribution in [2.24, 2.45) is 0 Å². The van der Waals surface area contributed by atoms with Gasteiger partial charge in [-0.25, -0.2) is 4.98 Å². The minimum Gasteiger partial charge on any atom is -0.310 e. The van der Waals surface area contributed by atoms with Crippen LogP contribution in [0.1, 0.15) is 36.1 Å². The first-order valence-electron chi connectivity index (χ1n) is 20.3. The minimum atomic E-state index is -0.244. The molecule has 0 unspecified atom stereocenters. The first-order chi connectivity index (χ1) is 29.3. The van der Waals surface area contributed by atoms with Crippen LogP contribution in [0.25, 0.3) is 36.8 Å². The van der Waals surface area contributed by atoms with Gasteiger partial charge in [0, 0.05) is 54.9 Å². The Bertz CT molecular complexity index is 2970. The largest absolute Gasteiger partial charge is 0.310 e. The van der Waals surface area contributed by atoms with Crippen LogP contribution in [0, 0.1) is 6.92 Å². The molecule has 0 N–H and O–H groups in total. The summed E-state index contributed by atoms with van der Waals surface area (Å²) in [6.07, 6.45) is 0. The molecule has 0 amide bonds. The summed E-state index contributed by atoms with van der Waals surface area (Å²) in [6.45, 7) is 11.3. The number of nitrogens with zero attached hydrogens (tertiary/aromatic N) is 3. The summed E-state index contributed by atoms with van der Waals surface area (Å²) in [5.41, 5.74) is 16.2. The molecule has 1 heterocycles. The Labute approximate surface area is 361 Å². The maximum atomic E-state index is 4.92. The van der Waals surface area contributed by atoms with E-state index in [2.05, 4.69) is 225 Å². The van der Waals surface area contributed by atoms with Gasteiger partial charge in [0.2, 0.25) is 0 Å². The standard InChI is InChI=1S/C55H43N3S2/c1-37-15-11-13-21-52(37)59-38(2)39-23-27-43(28-24-39)57(41-16-7-5-8-17-41)45-31-33-47-48-34-32-46(36-50(48)55(3,4)49(47)35-45)58(42-18-9-6-10-19-42)44-29-25-40(26-30-44)54-56-51-20-12-14-22-53(51)60-54/h5-36H,2H2,1,3-4H3. The van der Waals surface area contributed by atoms with Gasteiger partial charge < -0.3 is 9.80 Å². The highest BCUT2D eigenvalue weighted by Gasteiger charge is 2.37. The maximum absolute atomic E-state index is 4.92. The van der Waals surface area contributed by atoms with Crippen LogP contribution in [0.5, 0.6) is 0 Å². The predicted molar refractivity (Wildman–Crippen MR) is 258 cm³/mol. The molecule has 0 spiro atoms. The molecule has 0 saturated carbocycles. The quantitative estimate of drug-likeness (QED) is 0.128. The van der Waals surface area contributed by atoms with Crippen molar-refractivity contribution >= 4 is 72.3 Å². The molecule has 1 aliphatic carbocycles. The maximum Gasteiger partial charge on any atom is 0.124 e. The van der Waals surface area contributed by atoms with Crippen molar-refractivity contribution < 1.29 is 0 Å². The summed E-state index contributed by atoms with van der Waals surface area (Å²) in [4.78, 5) is 11.9. The molecule has 0 fully saturated rings. The number of hydrogen-bond acceptors (Lipinski definition) is 5. The lowest BCUT2D eigenvalue weighted by Gasteiger charge is -2.29. The summed E-state index contributed by atoms with van der Waals surface area (Å²) < 4.78 is 1.20. The van der Waals surface area contributed by atoms with Crippen molar-refractivity contribution in [1.82, 2.24) is 4.98 Å². The van der Waals surface area contributed by atoms with E-state index in [4.69, 9.17) is 4.98 Å². The molecule has 8 aromatic carbocycles. The van der Waals surface area contributed by atoms with E-state index in [0.717, 1.165) is 60.7 Å². The molecule has 0 aliphatic heterocycles. The van der Waals surface area contributed by atoms with Gasteiger partial charge >= 0.3 is 0 Å². The van der Waals surface area contributed by atoms with E-state index < -0.39 is 0 Å². The number of aryl methyl sites for hydroxylation is 1. The van der Waals surface area contributed by atoms with Crippen LogP contribution < -0.4 is 9.80 Å². The van der Waals surface area contributed by atoms with Crippen LogP contribution in [-0.2, 0) is 5.41 Å². The summed E-state index contributed by atoms with van der Waals surface area (Å²) >= 11 is 3.46. The lowest BCUT2D eigenvalue weighted by molar-refractivity contribution is 0.660. The second-order valence-corrected chi connectivity index (χ2v) is 18.0. The fourth-order valence-electron chi connectivity index (χ4n) is 8.45. The van der Waals surface area contributed by atoms with Gasteiger partial charge in [-0.3, -0.25) is 0 Å². The van der Waals surface area contributed by atoms with Crippen LogP contribution in [-0.4, -0.2) is 4.98 Å². The summed E-state index contributed by atoms with van der Waals surface area (Å²) in [6, 6.07) is 69.8. The van der Waals surface area contributed by atoms with Crippen molar-refractivity contribution in [1.29, 1.82) is 0 Å². The first-order valence-corrected chi connectivity index (χ1v) is 21.9. The van der Waals surface area contributed by atoms with Gasteiger partial charge in [-0.2, -0.15) is 0 Å². The van der Waals surface area contributed by atoms with E-state index in [9.17, 15) is 0 Å². The molecule has 0 radical (unpaired) electrons. The molecule has 9 aromatic rings. The van der Waals surface area contributed by atoms with Crippen molar-refractivity contribution in [3.05, 3.63) is 223 Å². The van der Waals surface area contributed by atoms with Crippen molar-refractivity contribution in [3.8, 4) is 21.7 Å². The van der Waals surface area contributed by atoms with Crippen molar-refractivity contribution in [3.63, 3.8) is 0 Å². The number of anilines is 6. The lowest BCUT2D eigenvalue weighted by Crippen LogP contribution is -2.17. The zero-order valence-corrected chi connectivity index (χ0v) is 35.5. The number of rotatable bonds is 10.